The highest BCUT2D eigenvalue weighted by Gasteiger charge is 2.24. The van der Waals surface area contributed by atoms with E-state index in [1.54, 1.807) is 11.3 Å². The lowest BCUT2D eigenvalue weighted by atomic mass is 10.0. The number of hydrogen-bond donors (Lipinski definition) is 1. The molecule has 3 nitrogen and oxygen atoms in total. The van der Waals surface area contributed by atoms with Crippen LogP contribution in [-0.2, 0) is 0 Å². The van der Waals surface area contributed by atoms with Crippen molar-refractivity contribution < 1.29 is 0 Å². The van der Waals surface area contributed by atoms with Crippen molar-refractivity contribution in [1.29, 1.82) is 0 Å². The second-order valence-electron chi connectivity index (χ2n) is 3.57. The van der Waals surface area contributed by atoms with Crippen molar-refractivity contribution in [3.63, 3.8) is 0 Å². The lowest BCUT2D eigenvalue weighted by Crippen LogP contribution is -2.31. The lowest BCUT2D eigenvalue weighted by molar-refractivity contribution is 0.574. The Bertz CT molecular complexity index is 286. The summed E-state index contributed by atoms with van der Waals surface area (Å²) in [5, 5.41) is 13.4. The van der Waals surface area contributed by atoms with Gasteiger partial charge in [-0.25, -0.2) is 0 Å². The number of thioether (sulfide) groups is 1. The first-order valence-corrected chi connectivity index (χ1v) is 7.29. The van der Waals surface area contributed by atoms with Crippen LogP contribution in [-0.4, -0.2) is 27.7 Å². The summed E-state index contributed by atoms with van der Waals surface area (Å²) in [4.78, 5) is 0. The third-order valence-corrected chi connectivity index (χ3v) is 5.19. The van der Waals surface area contributed by atoms with E-state index in [1.807, 2.05) is 18.7 Å². The minimum Gasteiger partial charge on any atom is -0.359 e. The Labute approximate surface area is 100 Å². The van der Waals surface area contributed by atoms with E-state index in [2.05, 4.69) is 35.6 Å². The average Bonchev–Trinajstić information content (AvgIpc) is 2.67. The molecule has 0 aliphatic carbocycles. The van der Waals surface area contributed by atoms with Crippen LogP contribution in [0.1, 0.15) is 31.7 Å². The maximum Gasteiger partial charge on any atom is 0.205 e. The third-order valence-electron chi connectivity index (χ3n) is 2.81. The van der Waals surface area contributed by atoms with Crippen molar-refractivity contribution in [2.24, 2.45) is 0 Å². The molecule has 0 bridgehead atoms. The van der Waals surface area contributed by atoms with Crippen LogP contribution in [0.25, 0.3) is 0 Å². The minimum absolute atomic E-state index is 0.333. The molecule has 0 aliphatic heterocycles. The fraction of sp³-hybridized carbons (Fsp3) is 0.800. The first-order chi connectivity index (χ1) is 7.15. The van der Waals surface area contributed by atoms with E-state index in [0.717, 1.165) is 16.7 Å². The second-order valence-corrected chi connectivity index (χ2v) is 6.03. The molecule has 15 heavy (non-hydrogen) atoms. The minimum atomic E-state index is 0.333. The van der Waals surface area contributed by atoms with Crippen molar-refractivity contribution in [2.75, 3.05) is 18.1 Å². The molecule has 1 aromatic heterocycles. The molecule has 5 heteroatoms. The molecule has 0 aliphatic rings. The third kappa shape index (κ3) is 3.34. The summed E-state index contributed by atoms with van der Waals surface area (Å²) in [6, 6.07) is 0. The number of rotatable bonds is 6. The molecule has 0 unspecified atom stereocenters. The van der Waals surface area contributed by atoms with E-state index in [-0.39, 0.29) is 0 Å². The van der Waals surface area contributed by atoms with Gasteiger partial charge in [0.15, 0.2) is 0 Å². The SMILES string of the molecule is CCC(CC)(CNc1nnc(C)s1)SC. The monoisotopic (exact) mass is 245 g/mol. The Balaban J connectivity index is 2.54. The Morgan fingerprint density at radius 2 is 2.00 bits per heavy atom. The van der Waals surface area contributed by atoms with Crippen molar-refractivity contribution in [2.45, 2.75) is 38.4 Å². The average molecular weight is 245 g/mol. The number of nitrogens with zero attached hydrogens (tertiary/aromatic N) is 2. The van der Waals surface area contributed by atoms with Crippen molar-refractivity contribution >= 4 is 28.2 Å². The van der Waals surface area contributed by atoms with Crippen molar-refractivity contribution in [1.82, 2.24) is 10.2 Å². The summed E-state index contributed by atoms with van der Waals surface area (Å²) in [5.74, 6) is 0. The Morgan fingerprint density at radius 1 is 1.33 bits per heavy atom. The largest absolute Gasteiger partial charge is 0.359 e. The van der Waals surface area contributed by atoms with Crippen LogP contribution in [0.4, 0.5) is 5.13 Å². The first-order valence-electron chi connectivity index (χ1n) is 5.25. The van der Waals surface area contributed by atoms with Crippen LogP contribution in [0.3, 0.4) is 0 Å². The van der Waals surface area contributed by atoms with Crippen LogP contribution in [0.5, 0.6) is 0 Å². The fourth-order valence-electron chi connectivity index (χ4n) is 1.47. The lowest BCUT2D eigenvalue weighted by Gasteiger charge is -2.29. The number of hydrogen-bond acceptors (Lipinski definition) is 5. The van der Waals surface area contributed by atoms with Crippen molar-refractivity contribution in [3.05, 3.63) is 5.01 Å². The Morgan fingerprint density at radius 3 is 2.40 bits per heavy atom. The molecule has 0 amide bonds. The molecule has 1 heterocycles. The predicted octanol–water partition coefficient (Wildman–Crippen LogP) is 3.18. The van der Waals surface area contributed by atoms with Gasteiger partial charge in [-0.05, 0) is 26.0 Å². The molecule has 0 fully saturated rings. The van der Waals surface area contributed by atoms with E-state index in [4.69, 9.17) is 0 Å². The molecular weight excluding hydrogens is 226 g/mol. The number of aromatic nitrogens is 2. The van der Waals surface area contributed by atoms with Crippen LogP contribution in [0, 0.1) is 6.92 Å². The molecule has 0 saturated carbocycles. The van der Waals surface area contributed by atoms with Crippen LogP contribution in [0.2, 0.25) is 0 Å². The normalized spacial score (nSPS) is 11.7. The van der Waals surface area contributed by atoms with Gasteiger partial charge < -0.3 is 5.32 Å². The molecule has 1 aromatic rings. The molecule has 0 aromatic carbocycles. The van der Waals surface area contributed by atoms with E-state index in [0.29, 0.717) is 4.75 Å². The molecule has 0 radical (unpaired) electrons. The van der Waals surface area contributed by atoms with Gasteiger partial charge in [0.05, 0.1) is 0 Å². The van der Waals surface area contributed by atoms with Gasteiger partial charge in [0.25, 0.3) is 0 Å². The van der Waals surface area contributed by atoms with E-state index in [1.165, 1.54) is 12.8 Å². The summed E-state index contributed by atoms with van der Waals surface area (Å²) in [6.45, 7) is 7.43. The summed E-state index contributed by atoms with van der Waals surface area (Å²) in [7, 11) is 0. The highest BCUT2D eigenvalue weighted by Crippen LogP contribution is 2.30. The summed E-state index contributed by atoms with van der Waals surface area (Å²) in [6.07, 6.45) is 4.53. The van der Waals surface area contributed by atoms with Crippen LogP contribution in [0.15, 0.2) is 0 Å². The Kier molecular flexibility index (Phi) is 4.86. The maximum atomic E-state index is 4.07. The first kappa shape index (κ1) is 12.8. The van der Waals surface area contributed by atoms with Gasteiger partial charge in [0.2, 0.25) is 5.13 Å². The van der Waals surface area contributed by atoms with Gasteiger partial charge in [-0.2, -0.15) is 11.8 Å². The van der Waals surface area contributed by atoms with E-state index in [9.17, 15) is 0 Å². The van der Waals surface area contributed by atoms with Gasteiger partial charge in [0, 0.05) is 11.3 Å². The smallest absolute Gasteiger partial charge is 0.205 e. The molecule has 0 spiro atoms. The second kappa shape index (κ2) is 5.70. The highest BCUT2D eigenvalue weighted by atomic mass is 32.2. The van der Waals surface area contributed by atoms with E-state index >= 15 is 0 Å². The maximum absolute atomic E-state index is 4.07. The van der Waals surface area contributed by atoms with Gasteiger partial charge in [-0.1, -0.05) is 25.2 Å². The van der Waals surface area contributed by atoms with Crippen molar-refractivity contribution in [3.8, 4) is 0 Å². The fourth-order valence-corrected chi connectivity index (χ4v) is 2.85. The van der Waals surface area contributed by atoms with Gasteiger partial charge in [0.1, 0.15) is 5.01 Å². The molecule has 0 atom stereocenters. The van der Waals surface area contributed by atoms with E-state index < -0.39 is 0 Å². The topological polar surface area (TPSA) is 37.8 Å². The summed E-state index contributed by atoms with van der Waals surface area (Å²) in [5.41, 5.74) is 0. The predicted molar refractivity (Wildman–Crippen MR) is 70.0 cm³/mol. The zero-order chi connectivity index (χ0) is 11.3. The molecule has 86 valence electrons. The molecule has 1 N–H and O–H groups in total. The standard InChI is InChI=1S/C10H19N3S2/c1-5-10(6-2,14-4)7-11-9-13-12-8(3)15-9/h5-7H2,1-4H3,(H,11,13). The van der Waals surface area contributed by atoms with Gasteiger partial charge in [-0.3, -0.25) is 0 Å². The summed E-state index contributed by atoms with van der Waals surface area (Å²) < 4.78 is 0.333. The quantitative estimate of drug-likeness (QED) is 0.835. The summed E-state index contributed by atoms with van der Waals surface area (Å²) >= 11 is 3.55. The zero-order valence-corrected chi connectivity index (χ0v) is 11.5. The van der Waals surface area contributed by atoms with Crippen LogP contribution >= 0.6 is 23.1 Å². The van der Waals surface area contributed by atoms with Gasteiger partial charge in [-0.15, -0.1) is 10.2 Å². The highest BCUT2D eigenvalue weighted by molar-refractivity contribution is 8.00. The molecule has 1 rings (SSSR count). The Hall–Kier alpha value is -0.290. The molecular formula is C10H19N3S2. The molecule has 0 saturated heterocycles. The van der Waals surface area contributed by atoms with Gasteiger partial charge >= 0.3 is 0 Å². The number of anilines is 1. The zero-order valence-electron chi connectivity index (χ0n) is 9.83. The number of aryl methyl sites for hydroxylation is 1. The van der Waals surface area contributed by atoms with Crippen LogP contribution < -0.4 is 5.32 Å². The number of nitrogens with one attached hydrogen (secondary N) is 1.